The highest BCUT2D eigenvalue weighted by Gasteiger charge is 2.04. The first kappa shape index (κ1) is 13.2. The largest absolute Gasteiger partial charge is 0.325 e. The lowest BCUT2D eigenvalue weighted by Gasteiger charge is -2.05. The van der Waals surface area contributed by atoms with Gasteiger partial charge in [-0.1, -0.05) is 23.2 Å². The summed E-state index contributed by atoms with van der Waals surface area (Å²) >= 11 is 12.8. The second-order valence-corrected chi connectivity index (χ2v) is 4.72. The minimum absolute atomic E-state index is 0.182. The highest BCUT2D eigenvalue weighted by Crippen LogP contribution is 2.22. The Kier molecular flexibility index (Phi) is 5.47. The molecule has 0 saturated carbocycles. The van der Waals surface area contributed by atoms with Crippen LogP contribution in [0.5, 0.6) is 0 Å². The van der Waals surface area contributed by atoms with Crippen molar-refractivity contribution in [1.82, 2.24) is 0 Å². The number of anilines is 1. The third-order valence-electron chi connectivity index (χ3n) is 1.55. The molecule has 0 atom stereocenters. The maximum atomic E-state index is 11.4. The van der Waals surface area contributed by atoms with Gasteiger partial charge in [0.25, 0.3) is 0 Å². The van der Waals surface area contributed by atoms with Crippen molar-refractivity contribution in [1.29, 1.82) is 5.26 Å². The Labute approximate surface area is 108 Å². The quantitative estimate of drug-likeness (QED) is 0.858. The summed E-state index contributed by atoms with van der Waals surface area (Å²) in [4.78, 5) is 11.4. The molecule has 0 aliphatic rings. The van der Waals surface area contributed by atoms with Crippen molar-refractivity contribution in [2.24, 2.45) is 0 Å². The van der Waals surface area contributed by atoms with E-state index in [1.165, 1.54) is 11.8 Å². The second kappa shape index (κ2) is 6.64. The van der Waals surface area contributed by atoms with Gasteiger partial charge in [0.1, 0.15) is 0 Å². The molecule has 1 N–H and O–H groups in total. The fourth-order valence-electron chi connectivity index (χ4n) is 1.01. The second-order valence-electron chi connectivity index (χ2n) is 2.86. The van der Waals surface area contributed by atoms with E-state index in [1.807, 2.05) is 6.07 Å². The van der Waals surface area contributed by atoms with Gasteiger partial charge in [-0.3, -0.25) is 4.79 Å². The number of benzene rings is 1. The summed E-state index contributed by atoms with van der Waals surface area (Å²) in [6, 6.07) is 6.76. The predicted octanol–water partition coefficient (Wildman–Crippen LogP) is 3.19. The maximum absolute atomic E-state index is 11.4. The van der Waals surface area contributed by atoms with Crippen LogP contribution in [0.15, 0.2) is 18.2 Å². The molecule has 0 aliphatic carbocycles. The molecule has 16 heavy (non-hydrogen) atoms. The minimum atomic E-state index is -0.182. The Balaban J connectivity index is 2.53. The first-order chi connectivity index (χ1) is 7.61. The standard InChI is InChI=1S/C10H8Cl2N2OS/c11-7-3-8(12)5-9(4-7)14-10(15)6-16-2-1-13/h3-5H,2,6H2,(H,14,15). The lowest BCUT2D eigenvalue weighted by atomic mass is 10.3. The van der Waals surface area contributed by atoms with E-state index < -0.39 is 0 Å². The Morgan fingerprint density at radius 1 is 1.38 bits per heavy atom. The van der Waals surface area contributed by atoms with Crippen LogP contribution >= 0.6 is 35.0 Å². The summed E-state index contributed by atoms with van der Waals surface area (Å²) in [6.07, 6.45) is 0. The predicted molar refractivity (Wildman–Crippen MR) is 68.0 cm³/mol. The van der Waals surface area contributed by atoms with Gasteiger partial charge in [0, 0.05) is 15.7 Å². The van der Waals surface area contributed by atoms with E-state index in [9.17, 15) is 4.79 Å². The molecule has 0 radical (unpaired) electrons. The van der Waals surface area contributed by atoms with Gasteiger partial charge in [-0.15, -0.1) is 11.8 Å². The molecule has 0 fully saturated rings. The normalized spacial score (nSPS) is 9.56. The third-order valence-corrected chi connectivity index (χ3v) is 2.78. The Hall–Kier alpha value is -0.890. The van der Waals surface area contributed by atoms with Crippen molar-refractivity contribution in [3.8, 4) is 6.07 Å². The van der Waals surface area contributed by atoms with Crippen LogP contribution in [0.4, 0.5) is 5.69 Å². The number of rotatable bonds is 4. The van der Waals surface area contributed by atoms with E-state index in [1.54, 1.807) is 18.2 Å². The molecular weight excluding hydrogens is 267 g/mol. The first-order valence-corrected chi connectivity index (χ1v) is 6.23. The van der Waals surface area contributed by atoms with Gasteiger partial charge in [0.05, 0.1) is 17.6 Å². The van der Waals surface area contributed by atoms with Gasteiger partial charge < -0.3 is 5.32 Å². The van der Waals surface area contributed by atoms with Gasteiger partial charge in [0.2, 0.25) is 5.91 Å². The molecule has 1 amide bonds. The lowest BCUT2D eigenvalue weighted by Crippen LogP contribution is -2.14. The van der Waals surface area contributed by atoms with Gasteiger partial charge in [0.15, 0.2) is 0 Å². The van der Waals surface area contributed by atoms with Crippen LogP contribution in [0.3, 0.4) is 0 Å². The Morgan fingerprint density at radius 3 is 2.56 bits per heavy atom. The van der Waals surface area contributed by atoms with E-state index >= 15 is 0 Å². The zero-order valence-corrected chi connectivity index (χ0v) is 10.5. The number of thioether (sulfide) groups is 1. The van der Waals surface area contributed by atoms with Crippen molar-refractivity contribution in [2.75, 3.05) is 16.8 Å². The van der Waals surface area contributed by atoms with Crippen molar-refractivity contribution in [3.05, 3.63) is 28.2 Å². The fourth-order valence-corrected chi connectivity index (χ4v) is 1.99. The Morgan fingerprint density at radius 2 is 2.00 bits per heavy atom. The highest BCUT2D eigenvalue weighted by molar-refractivity contribution is 8.00. The topological polar surface area (TPSA) is 52.9 Å². The van der Waals surface area contributed by atoms with Crippen molar-refractivity contribution < 1.29 is 4.79 Å². The molecule has 0 saturated heterocycles. The average molecular weight is 275 g/mol. The number of amides is 1. The zero-order chi connectivity index (χ0) is 12.0. The van der Waals surface area contributed by atoms with Crippen LogP contribution in [0.1, 0.15) is 0 Å². The molecule has 0 heterocycles. The number of carbonyl (C=O) groups excluding carboxylic acids is 1. The van der Waals surface area contributed by atoms with Gasteiger partial charge in [-0.05, 0) is 18.2 Å². The smallest absolute Gasteiger partial charge is 0.234 e. The molecule has 0 aliphatic heterocycles. The fraction of sp³-hybridized carbons (Fsp3) is 0.200. The summed E-state index contributed by atoms with van der Waals surface area (Å²) in [5, 5.41) is 11.9. The van der Waals surface area contributed by atoms with E-state index in [2.05, 4.69) is 5.32 Å². The van der Waals surface area contributed by atoms with Crippen LogP contribution in [0, 0.1) is 11.3 Å². The Bertz CT molecular complexity index is 411. The first-order valence-electron chi connectivity index (χ1n) is 4.32. The molecule has 84 valence electrons. The van der Waals surface area contributed by atoms with Crippen molar-refractivity contribution in [2.45, 2.75) is 0 Å². The number of hydrogen-bond acceptors (Lipinski definition) is 3. The van der Waals surface area contributed by atoms with Crippen molar-refractivity contribution >= 4 is 46.6 Å². The maximum Gasteiger partial charge on any atom is 0.234 e. The van der Waals surface area contributed by atoms with Crippen LogP contribution in [0.2, 0.25) is 10.0 Å². The van der Waals surface area contributed by atoms with Crippen LogP contribution < -0.4 is 5.32 Å². The number of nitrogens with zero attached hydrogens (tertiary/aromatic N) is 1. The average Bonchev–Trinajstić information content (AvgIpc) is 2.16. The molecule has 0 aromatic heterocycles. The molecule has 6 heteroatoms. The van der Waals surface area contributed by atoms with E-state index in [4.69, 9.17) is 28.5 Å². The van der Waals surface area contributed by atoms with Gasteiger partial charge in [-0.2, -0.15) is 5.26 Å². The third kappa shape index (κ3) is 4.75. The van der Waals surface area contributed by atoms with Gasteiger partial charge in [-0.25, -0.2) is 0 Å². The number of nitrogens with one attached hydrogen (secondary N) is 1. The van der Waals surface area contributed by atoms with Crippen LogP contribution in [-0.2, 0) is 4.79 Å². The van der Waals surface area contributed by atoms with Crippen molar-refractivity contribution in [3.63, 3.8) is 0 Å². The molecular formula is C10H8Cl2N2OS. The molecule has 0 spiro atoms. The summed E-state index contributed by atoms with van der Waals surface area (Å²) in [6.45, 7) is 0. The zero-order valence-electron chi connectivity index (χ0n) is 8.17. The molecule has 1 aromatic rings. The van der Waals surface area contributed by atoms with Crippen LogP contribution in [-0.4, -0.2) is 17.4 Å². The molecule has 3 nitrogen and oxygen atoms in total. The molecule has 0 unspecified atom stereocenters. The lowest BCUT2D eigenvalue weighted by molar-refractivity contribution is -0.113. The molecule has 1 rings (SSSR count). The summed E-state index contributed by atoms with van der Waals surface area (Å²) in [5.74, 6) is 0.347. The number of carbonyl (C=O) groups is 1. The van der Waals surface area contributed by atoms with Crippen LogP contribution in [0.25, 0.3) is 0 Å². The van der Waals surface area contributed by atoms with Gasteiger partial charge >= 0.3 is 0 Å². The summed E-state index contributed by atoms with van der Waals surface area (Å²) in [7, 11) is 0. The number of hydrogen-bond donors (Lipinski definition) is 1. The summed E-state index contributed by atoms with van der Waals surface area (Å²) in [5.41, 5.74) is 0.556. The van der Waals surface area contributed by atoms with E-state index in [0.29, 0.717) is 21.5 Å². The summed E-state index contributed by atoms with van der Waals surface area (Å²) < 4.78 is 0. The molecule has 1 aromatic carbocycles. The van der Waals surface area contributed by atoms with E-state index in [0.717, 1.165) is 0 Å². The minimum Gasteiger partial charge on any atom is -0.325 e. The van der Waals surface area contributed by atoms with E-state index in [-0.39, 0.29) is 11.7 Å². The highest BCUT2D eigenvalue weighted by atomic mass is 35.5. The number of halogens is 2. The molecule has 0 bridgehead atoms. The number of nitriles is 1. The SMILES string of the molecule is N#CCSCC(=O)Nc1cc(Cl)cc(Cl)c1. The monoisotopic (exact) mass is 274 g/mol.